The fraction of sp³-hybridized carbons (Fsp3) is 0.346. The molecule has 0 amide bonds. The van der Waals surface area contributed by atoms with Gasteiger partial charge in [0.2, 0.25) is 5.88 Å². The minimum Gasteiger partial charge on any atom is -0.438 e. The van der Waals surface area contributed by atoms with Gasteiger partial charge >= 0.3 is 0 Å². The molecule has 0 unspecified atom stereocenters. The van der Waals surface area contributed by atoms with Crippen LogP contribution in [0.1, 0.15) is 37.4 Å². The summed E-state index contributed by atoms with van der Waals surface area (Å²) in [5.41, 5.74) is 2.62. The van der Waals surface area contributed by atoms with Crippen molar-refractivity contribution < 1.29 is 14.2 Å². The molecule has 32 heavy (non-hydrogen) atoms. The molecule has 3 rings (SSSR count). The SMILES string of the molecule is C=CCC[C@@H](O)CN(CCC)Cc1c(C)nn(-c2ccccc2)c1Oc1cccc(F)c1. The summed E-state index contributed by atoms with van der Waals surface area (Å²) < 4.78 is 21.8. The maximum Gasteiger partial charge on any atom is 0.227 e. The van der Waals surface area contributed by atoms with Crippen LogP contribution in [0, 0.1) is 12.7 Å². The number of allylic oxidation sites excluding steroid dienone is 1. The lowest BCUT2D eigenvalue weighted by Gasteiger charge is -2.25. The number of aryl methyl sites for hydroxylation is 1. The molecule has 0 aliphatic carbocycles. The number of hydrogen-bond donors (Lipinski definition) is 1. The van der Waals surface area contributed by atoms with Gasteiger partial charge in [-0.1, -0.05) is 37.3 Å². The number of aliphatic hydroxyl groups excluding tert-OH is 1. The lowest BCUT2D eigenvalue weighted by molar-refractivity contribution is 0.102. The molecular formula is C26H32FN3O2. The average Bonchev–Trinajstić information content (AvgIpc) is 3.08. The third-order valence-electron chi connectivity index (χ3n) is 5.24. The van der Waals surface area contributed by atoms with Crippen LogP contribution in [0.2, 0.25) is 0 Å². The van der Waals surface area contributed by atoms with E-state index in [1.165, 1.54) is 12.1 Å². The highest BCUT2D eigenvalue weighted by molar-refractivity contribution is 5.43. The van der Waals surface area contributed by atoms with Crippen LogP contribution in [0.4, 0.5) is 4.39 Å². The molecule has 0 saturated heterocycles. The molecule has 5 nitrogen and oxygen atoms in total. The number of aliphatic hydroxyl groups is 1. The molecule has 0 fully saturated rings. The maximum atomic E-state index is 13.8. The largest absolute Gasteiger partial charge is 0.438 e. The second kappa shape index (κ2) is 11.6. The van der Waals surface area contributed by atoms with Crippen LogP contribution < -0.4 is 4.74 Å². The first-order chi connectivity index (χ1) is 15.5. The Hall–Kier alpha value is -2.96. The number of nitrogens with zero attached hydrogens (tertiary/aromatic N) is 3. The molecule has 1 heterocycles. The molecule has 0 saturated carbocycles. The molecule has 0 spiro atoms. The standard InChI is InChI=1S/C26H32FN3O2/c1-4-6-14-23(31)18-29(16-5-2)19-25-20(3)28-30(22-12-8-7-9-13-22)26(25)32-24-15-10-11-21(27)17-24/h4,7-13,15,17,23,31H,1,5-6,14,16,18-19H2,2-3H3/t23-/m1/s1. The number of benzene rings is 2. The van der Waals surface area contributed by atoms with Crippen LogP contribution in [0.25, 0.3) is 5.69 Å². The number of halogens is 1. The fourth-order valence-electron chi connectivity index (χ4n) is 3.69. The van der Waals surface area contributed by atoms with Crippen molar-refractivity contribution in [1.29, 1.82) is 0 Å². The normalized spacial score (nSPS) is 12.2. The van der Waals surface area contributed by atoms with E-state index in [0.29, 0.717) is 31.1 Å². The van der Waals surface area contributed by atoms with Crippen molar-refractivity contribution >= 4 is 0 Å². The molecule has 0 aliphatic heterocycles. The second-order valence-electron chi connectivity index (χ2n) is 7.93. The molecule has 1 aromatic heterocycles. The van der Waals surface area contributed by atoms with Crippen molar-refractivity contribution in [2.75, 3.05) is 13.1 Å². The molecule has 3 aromatic rings. The first-order valence-corrected chi connectivity index (χ1v) is 11.1. The zero-order chi connectivity index (χ0) is 22.9. The number of hydrogen-bond acceptors (Lipinski definition) is 4. The number of aromatic nitrogens is 2. The minimum absolute atomic E-state index is 0.357. The van der Waals surface area contributed by atoms with E-state index in [1.54, 1.807) is 16.8 Å². The first-order valence-electron chi connectivity index (χ1n) is 11.1. The van der Waals surface area contributed by atoms with Gasteiger partial charge in [-0.3, -0.25) is 4.90 Å². The maximum absolute atomic E-state index is 13.8. The molecule has 2 aromatic carbocycles. The Bertz CT molecular complexity index is 1000. The van der Waals surface area contributed by atoms with E-state index in [4.69, 9.17) is 9.84 Å². The smallest absolute Gasteiger partial charge is 0.227 e. The molecule has 0 bridgehead atoms. The Morgan fingerprint density at radius 1 is 1.22 bits per heavy atom. The van der Waals surface area contributed by atoms with Gasteiger partial charge in [0, 0.05) is 19.2 Å². The monoisotopic (exact) mass is 437 g/mol. The summed E-state index contributed by atoms with van der Waals surface area (Å²) in [5, 5.41) is 15.2. The van der Waals surface area contributed by atoms with E-state index in [1.807, 2.05) is 43.3 Å². The van der Waals surface area contributed by atoms with Gasteiger partial charge in [-0.05, 0) is 57.0 Å². The van der Waals surface area contributed by atoms with Crippen molar-refractivity contribution in [3.63, 3.8) is 0 Å². The Balaban J connectivity index is 1.96. The lowest BCUT2D eigenvalue weighted by Crippen LogP contribution is -2.33. The van der Waals surface area contributed by atoms with Gasteiger partial charge in [0.05, 0.1) is 23.0 Å². The van der Waals surface area contributed by atoms with E-state index in [9.17, 15) is 9.50 Å². The fourth-order valence-corrected chi connectivity index (χ4v) is 3.69. The summed E-state index contributed by atoms with van der Waals surface area (Å²) in [5.74, 6) is 0.613. The first kappa shape index (κ1) is 23.7. The van der Waals surface area contributed by atoms with E-state index < -0.39 is 6.10 Å². The Morgan fingerprint density at radius 3 is 2.69 bits per heavy atom. The molecular weight excluding hydrogens is 405 g/mol. The van der Waals surface area contributed by atoms with Crippen LogP contribution in [-0.2, 0) is 6.54 Å². The van der Waals surface area contributed by atoms with Crippen molar-refractivity contribution in [3.8, 4) is 17.3 Å². The zero-order valence-electron chi connectivity index (χ0n) is 18.9. The predicted octanol–water partition coefficient (Wildman–Crippen LogP) is 5.65. The lowest BCUT2D eigenvalue weighted by atomic mass is 10.1. The van der Waals surface area contributed by atoms with E-state index in [-0.39, 0.29) is 5.82 Å². The van der Waals surface area contributed by atoms with Gasteiger partial charge in [-0.2, -0.15) is 5.10 Å². The van der Waals surface area contributed by atoms with Crippen molar-refractivity contribution in [2.24, 2.45) is 0 Å². The Morgan fingerprint density at radius 2 is 2.00 bits per heavy atom. The van der Waals surface area contributed by atoms with E-state index in [0.717, 1.165) is 36.3 Å². The van der Waals surface area contributed by atoms with E-state index in [2.05, 4.69) is 18.4 Å². The van der Waals surface area contributed by atoms with Gasteiger partial charge in [0.1, 0.15) is 11.6 Å². The number of rotatable bonds is 12. The topological polar surface area (TPSA) is 50.5 Å². The van der Waals surface area contributed by atoms with Crippen molar-refractivity contribution in [3.05, 3.63) is 84.3 Å². The van der Waals surface area contributed by atoms with Crippen molar-refractivity contribution in [2.45, 2.75) is 45.8 Å². The molecule has 0 aliphatic rings. The molecule has 170 valence electrons. The predicted molar refractivity (Wildman–Crippen MR) is 126 cm³/mol. The van der Waals surface area contributed by atoms with E-state index >= 15 is 0 Å². The molecule has 0 radical (unpaired) electrons. The third kappa shape index (κ3) is 6.28. The summed E-state index contributed by atoms with van der Waals surface area (Å²) in [6, 6.07) is 15.9. The number of ether oxygens (including phenoxy) is 1. The van der Waals surface area contributed by atoms with Gasteiger partial charge in [0.15, 0.2) is 0 Å². The van der Waals surface area contributed by atoms with Crippen LogP contribution >= 0.6 is 0 Å². The summed E-state index contributed by atoms with van der Waals surface area (Å²) in [4.78, 5) is 2.21. The van der Waals surface area contributed by atoms with Gasteiger partial charge in [-0.15, -0.1) is 6.58 Å². The summed E-state index contributed by atoms with van der Waals surface area (Å²) >= 11 is 0. The molecule has 1 atom stereocenters. The van der Waals surface area contributed by atoms with Crippen molar-refractivity contribution in [1.82, 2.24) is 14.7 Å². The molecule has 6 heteroatoms. The van der Waals surface area contributed by atoms with Gasteiger partial charge in [0.25, 0.3) is 0 Å². The quantitative estimate of drug-likeness (QED) is 0.372. The van der Waals surface area contributed by atoms with Crippen LogP contribution in [0.15, 0.2) is 67.3 Å². The second-order valence-corrected chi connectivity index (χ2v) is 7.93. The van der Waals surface area contributed by atoms with Gasteiger partial charge in [-0.25, -0.2) is 9.07 Å². The van der Waals surface area contributed by atoms with Crippen LogP contribution in [0.5, 0.6) is 11.6 Å². The Kier molecular flexibility index (Phi) is 8.59. The summed E-state index contributed by atoms with van der Waals surface area (Å²) in [6.45, 7) is 9.76. The van der Waals surface area contributed by atoms with Crippen LogP contribution in [-0.4, -0.2) is 39.0 Å². The highest BCUT2D eigenvalue weighted by Crippen LogP contribution is 2.32. The average molecular weight is 438 g/mol. The highest BCUT2D eigenvalue weighted by atomic mass is 19.1. The molecule has 1 N–H and O–H groups in total. The Labute approximate surface area is 189 Å². The summed E-state index contributed by atoms with van der Waals surface area (Å²) in [6.07, 6.45) is 3.81. The van der Waals surface area contributed by atoms with Gasteiger partial charge < -0.3 is 9.84 Å². The summed E-state index contributed by atoms with van der Waals surface area (Å²) in [7, 11) is 0. The van der Waals surface area contributed by atoms with Crippen LogP contribution in [0.3, 0.4) is 0 Å². The highest BCUT2D eigenvalue weighted by Gasteiger charge is 2.22. The number of para-hydroxylation sites is 1. The zero-order valence-corrected chi connectivity index (χ0v) is 18.9. The third-order valence-corrected chi connectivity index (χ3v) is 5.24. The minimum atomic E-state index is -0.434.